The summed E-state index contributed by atoms with van der Waals surface area (Å²) in [7, 11) is -0.845. The molecule has 6 heteroatoms. The zero-order valence-corrected chi connectivity index (χ0v) is 10.6. The highest BCUT2D eigenvalue weighted by Gasteiger charge is 2.05. The van der Waals surface area contributed by atoms with Crippen LogP contribution in [0.4, 0.5) is 15.8 Å². The van der Waals surface area contributed by atoms with Crippen LogP contribution in [-0.2, 0) is 10.8 Å². The molecular weight excluding hydrogens is 283 g/mol. The molecular formula is C9H12BrFN2OS. The van der Waals surface area contributed by atoms with Crippen molar-refractivity contribution in [1.82, 2.24) is 0 Å². The third-order valence-corrected chi connectivity index (χ3v) is 3.18. The predicted octanol–water partition coefficient (Wildman–Crippen LogP) is 1.96. The number of nitrogen functional groups attached to an aromatic ring is 1. The molecule has 0 saturated carbocycles. The number of halogens is 2. The molecule has 1 rings (SSSR count). The fraction of sp³-hybridized carbons (Fsp3) is 0.333. The zero-order chi connectivity index (χ0) is 11.4. The highest BCUT2D eigenvalue weighted by Crippen LogP contribution is 2.26. The van der Waals surface area contributed by atoms with Gasteiger partial charge in [0.25, 0.3) is 0 Å². The van der Waals surface area contributed by atoms with Crippen molar-refractivity contribution in [3.05, 3.63) is 22.4 Å². The highest BCUT2D eigenvalue weighted by molar-refractivity contribution is 9.10. The average Bonchev–Trinajstić information content (AvgIpc) is 2.13. The Labute approximate surface area is 98.8 Å². The minimum atomic E-state index is -0.845. The Morgan fingerprint density at radius 1 is 1.60 bits per heavy atom. The molecule has 0 bridgehead atoms. The van der Waals surface area contributed by atoms with Gasteiger partial charge in [0.2, 0.25) is 0 Å². The lowest BCUT2D eigenvalue weighted by Gasteiger charge is -2.09. The summed E-state index contributed by atoms with van der Waals surface area (Å²) in [5.41, 5.74) is 6.60. The molecule has 84 valence electrons. The molecule has 0 fully saturated rings. The molecule has 0 aromatic heterocycles. The number of benzene rings is 1. The molecule has 3 nitrogen and oxygen atoms in total. The maximum absolute atomic E-state index is 13.0. The van der Waals surface area contributed by atoms with Crippen LogP contribution in [0.1, 0.15) is 0 Å². The maximum Gasteiger partial charge on any atom is 0.139 e. The molecule has 0 amide bonds. The second-order valence-electron chi connectivity index (χ2n) is 3.06. The number of nitrogens with two attached hydrogens (primary N) is 1. The monoisotopic (exact) mass is 294 g/mol. The van der Waals surface area contributed by atoms with Crippen molar-refractivity contribution in [3.8, 4) is 0 Å². The van der Waals surface area contributed by atoms with Crippen LogP contribution in [0.15, 0.2) is 16.6 Å². The molecule has 1 aromatic rings. The van der Waals surface area contributed by atoms with Gasteiger partial charge in [-0.2, -0.15) is 0 Å². The second-order valence-corrected chi connectivity index (χ2v) is 5.47. The van der Waals surface area contributed by atoms with Crippen molar-refractivity contribution in [2.24, 2.45) is 0 Å². The van der Waals surface area contributed by atoms with Gasteiger partial charge in [-0.3, -0.25) is 4.21 Å². The van der Waals surface area contributed by atoms with Crippen LogP contribution in [0.3, 0.4) is 0 Å². The van der Waals surface area contributed by atoms with E-state index in [1.807, 2.05) is 0 Å². The summed E-state index contributed by atoms with van der Waals surface area (Å²) in [6, 6.07) is 2.82. The van der Waals surface area contributed by atoms with Gasteiger partial charge in [-0.1, -0.05) is 0 Å². The highest BCUT2D eigenvalue weighted by atomic mass is 79.9. The molecule has 0 saturated heterocycles. The SMILES string of the molecule is CS(=O)CCNc1cc(Br)c(F)cc1N. The van der Waals surface area contributed by atoms with Crippen LogP contribution in [0, 0.1) is 5.82 Å². The molecule has 3 N–H and O–H groups in total. The van der Waals surface area contributed by atoms with E-state index in [1.54, 1.807) is 12.3 Å². The van der Waals surface area contributed by atoms with E-state index >= 15 is 0 Å². The van der Waals surface area contributed by atoms with E-state index in [2.05, 4.69) is 21.2 Å². The lowest BCUT2D eigenvalue weighted by Crippen LogP contribution is -2.11. The van der Waals surface area contributed by atoms with Gasteiger partial charge in [-0.25, -0.2) is 4.39 Å². The second kappa shape index (κ2) is 5.46. The van der Waals surface area contributed by atoms with Crippen molar-refractivity contribution in [1.29, 1.82) is 0 Å². The van der Waals surface area contributed by atoms with Gasteiger partial charge >= 0.3 is 0 Å². The molecule has 0 aliphatic carbocycles. The lowest BCUT2D eigenvalue weighted by molar-refractivity contribution is 0.622. The zero-order valence-electron chi connectivity index (χ0n) is 8.22. The summed E-state index contributed by atoms with van der Waals surface area (Å²) in [6.45, 7) is 0.547. The van der Waals surface area contributed by atoms with E-state index in [1.165, 1.54) is 6.07 Å². The van der Waals surface area contributed by atoms with Crippen LogP contribution >= 0.6 is 15.9 Å². The molecule has 0 radical (unpaired) electrons. The molecule has 1 aromatic carbocycles. The quantitative estimate of drug-likeness (QED) is 0.835. The smallest absolute Gasteiger partial charge is 0.139 e. The van der Waals surface area contributed by atoms with Crippen LogP contribution in [-0.4, -0.2) is 22.8 Å². The van der Waals surface area contributed by atoms with Crippen molar-refractivity contribution in [3.63, 3.8) is 0 Å². The Balaban J connectivity index is 2.69. The van der Waals surface area contributed by atoms with Crippen molar-refractivity contribution < 1.29 is 8.60 Å². The minimum Gasteiger partial charge on any atom is -0.397 e. The Bertz CT molecular complexity index is 387. The van der Waals surface area contributed by atoms with Crippen molar-refractivity contribution in [2.45, 2.75) is 0 Å². The van der Waals surface area contributed by atoms with Crippen LogP contribution in [0.5, 0.6) is 0 Å². The third kappa shape index (κ3) is 3.79. The van der Waals surface area contributed by atoms with E-state index in [0.29, 0.717) is 28.1 Å². The van der Waals surface area contributed by atoms with Crippen LogP contribution in [0.25, 0.3) is 0 Å². The normalized spacial score (nSPS) is 12.5. The predicted molar refractivity (Wildman–Crippen MR) is 65.9 cm³/mol. The topological polar surface area (TPSA) is 55.1 Å². The van der Waals surface area contributed by atoms with E-state index in [-0.39, 0.29) is 0 Å². The number of rotatable bonds is 4. The Morgan fingerprint density at radius 2 is 2.27 bits per heavy atom. The maximum atomic E-state index is 13.0. The first kappa shape index (κ1) is 12.4. The van der Waals surface area contributed by atoms with Gasteiger partial charge in [-0.15, -0.1) is 0 Å². The number of hydrogen-bond donors (Lipinski definition) is 2. The molecule has 0 heterocycles. The van der Waals surface area contributed by atoms with Gasteiger partial charge in [0, 0.05) is 35.4 Å². The Kier molecular flexibility index (Phi) is 4.53. The molecule has 0 spiro atoms. The van der Waals surface area contributed by atoms with Crippen LogP contribution in [0.2, 0.25) is 0 Å². The first-order chi connectivity index (χ1) is 7.00. The Morgan fingerprint density at radius 3 is 2.87 bits per heavy atom. The number of anilines is 2. The minimum absolute atomic E-state index is 0.345. The summed E-state index contributed by atoms with van der Waals surface area (Å²) in [6.07, 6.45) is 1.63. The van der Waals surface area contributed by atoms with E-state index in [4.69, 9.17) is 5.73 Å². The number of hydrogen-bond acceptors (Lipinski definition) is 3. The van der Waals surface area contributed by atoms with Gasteiger partial charge in [0.05, 0.1) is 15.8 Å². The van der Waals surface area contributed by atoms with Gasteiger partial charge < -0.3 is 11.1 Å². The Hall–Kier alpha value is -0.620. The molecule has 1 unspecified atom stereocenters. The molecule has 15 heavy (non-hydrogen) atoms. The molecule has 1 atom stereocenters. The summed E-state index contributed by atoms with van der Waals surface area (Å²) in [5.74, 6) is 0.145. The summed E-state index contributed by atoms with van der Waals surface area (Å²) in [4.78, 5) is 0. The van der Waals surface area contributed by atoms with E-state index in [0.717, 1.165) is 0 Å². The van der Waals surface area contributed by atoms with Gasteiger partial charge in [0.1, 0.15) is 5.82 Å². The third-order valence-electron chi connectivity index (χ3n) is 1.80. The van der Waals surface area contributed by atoms with Crippen molar-refractivity contribution in [2.75, 3.05) is 29.6 Å². The fourth-order valence-corrected chi connectivity index (χ4v) is 1.78. The standard InChI is InChI=1S/C9H12BrFN2OS/c1-15(14)3-2-13-9-4-6(10)7(11)5-8(9)12/h4-5,13H,2-3,12H2,1H3. The van der Waals surface area contributed by atoms with E-state index in [9.17, 15) is 8.60 Å². The average molecular weight is 295 g/mol. The summed E-state index contributed by atoms with van der Waals surface area (Å²) >= 11 is 3.07. The van der Waals surface area contributed by atoms with Crippen LogP contribution < -0.4 is 11.1 Å². The first-order valence-electron chi connectivity index (χ1n) is 4.29. The number of nitrogens with one attached hydrogen (secondary N) is 1. The summed E-state index contributed by atoms with van der Waals surface area (Å²) < 4.78 is 24.2. The van der Waals surface area contributed by atoms with Crippen molar-refractivity contribution >= 4 is 38.1 Å². The molecule has 0 aliphatic rings. The molecule has 0 aliphatic heterocycles. The van der Waals surface area contributed by atoms with E-state index < -0.39 is 16.6 Å². The van der Waals surface area contributed by atoms with Gasteiger partial charge in [-0.05, 0) is 22.0 Å². The largest absolute Gasteiger partial charge is 0.397 e. The summed E-state index contributed by atoms with van der Waals surface area (Å²) in [5, 5.41) is 3.00. The lowest BCUT2D eigenvalue weighted by atomic mass is 10.2. The first-order valence-corrected chi connectivity index (χ1v) is 6.81. The fourth-order valence-electron chi connectivity index (χ4n) is 1.04. The van der Waals surface area contributed by atoms with Gasteiger partial charge in [0.15, 0.2) is 0 Å².